The highest BCUT2D eigenvalue weighted by Crippen LogP contribution is 2.12. The van der Waals surface area contributed by atoms with E-state index in [0.29, 0.717) is 24.0 Å². The first-order valence-electron chi connectivity index (χ1n) is 5.57. The van der Waals surface area contributed by atoms with Crippen LogP contribution in [0.25, 0.3) is 0 Å². The summed E-state index contributed by atoms with van der Waals surface area (Å²) >= 11 is 0. The first kappa shape index (κ1) is 12.3. The fraction of sp³-hybridized carbons (Fsp3) is 0.455. The van der Waals surface area contributed by atoms with Crippen LogP contribution in [-0.2, 0) is 6.54 Å². The minimum atomic E-state index is -0.991. The van der Waals surface area contributed by atoms with Gasteiger partial charge in [-0.15, -0.1) is 0 Å². The van der Waals surface area contributed by atoms with Crippen LogP contribution in [0.4, 0.5) is 0 Å². The van der Waals surface area contributed by atoms with Gasteiger partial charge in [0.15, 0.2) is 5.82 Å². The molecule has 2 rings (SSSR count). The number of aromatic nitrogens is 4. The summed E-state index contributed by atoms with van der Waals surface area (Å²) in [5.74, 6) is 0.223. The van der Waals surface area contributed by atoms with Crippen LogP contribution in [0.3, 0.4) is 0 Å². The van der Waals surface area contributed by atoms with Crippen LogP contribution in [0.15, 0.2) is 10.7 Å². The quantitative estimate of drug-likeness (QED) is 0.882. The molecular weight excluding hydrogens is 236 g/mol. The maximum absolute atomic E-state index is 10.9. The van der Waals surface area contributed by atoms with Gasteiger partial charge in [-0.25, -0.2) is 4.79 Å². The number of aromatic carboxylic acids is 1. The van der Waals surface area contributed by atoms with Gasteiger partial charge in [-0.1, -0.05) is 19.0 Å². The topological polar surface area (TPSA) is 94.0 Å². The Balaban J connectivity index is 2.18. The zero-order valence-electron chi connectivity index (χ0n) is 10.4. The molecule has 2 heterocycles. The normalized spacial score (nSPS) is 11.1. The van der Waals surface area contributed by atoms with E-state index >= 15 is 0 Å². The predicted molar refractivity (Wildman–Crippen MR) is 61.4 cm³/mol. The highest BCUT2D eigenvalue weighted by molar-refractivity contribution is 5.88. The van der Waals surface area contributed by atoms with Crippen molar-refractivity contribution in [3.05, 3.63) is 29.2 Å². The lowest BCUT2D eigenvalue weighted by Gasteiger charge is -1.94. The van der Waals surface area contributed by atoms with Crippen molar-refractivity contribution < 1.29 is 14.4 Å². The van der Waals surface area contributed by atoms with Crippen LogP contribution in [0, 0.1) is 6.92 Å². The van der Waals surface area contributed by atoms with Crippen LogP contribution in [0.5, 0.6) is 0 Å². The van der Waals surface area contributed by atoms with Gasteiger partial charge in [0.2, 0.25) is 5.89 Å². The van der Waals surface area contributed by atoms with Crippen molar-refractivity contribution in [1.82, 2.24) is 19.9 Å². The molecular formula is C11H14N4O3. The Bertz CT molecular complexity index is 571. The number of hydrogen-bond acceptors (Lipinski definition) is 5. The Labute approximate surface area is 103 Å². The van der Waals surface area contributed by atoms with Gasteiger partial charge < -0.3 is 9.63 Å². The molecule has 0 unspecified atom stereocenters. The van der Waals surface area contributed by atoms with Crippen molar-refractivity contribution in [1.29, 1.82) is 0 Å². The molecule has 0 spiro atoms. The molecule has 1 N–H and O–H groups in total. The summed E-state index contributed by atoms with van der Waals surface area (Å²) in [6, 6.07) is 0. The molecule has 96 valence electrons. The molecule has 0 aromatic carbocycles. The molecule has 0 bridgehead atoms. The van der Waals surface area contributed by atoms with E-state index in [-0.39, 0.29) is 11.5 Å². The summed E-state index contributed by atoms with van der Waals surface area (Å²) in [5.41, 5.74) is 0.651. The van der Waals surface area contributed by atoms with Crippen LogP contribution in [-0.4, -0.2) is 31.0 Å². The second-order valence-electron chi connectivity index (χ2n) is 4.33. The molecule has 0 saturated carbocycles. The summed E-state index contributed by atoms with van der Waals surface area (Å²) in [6.45, 7) is 5.86. The van der Waals surface area contributed by atoms with Crippen LogP contribution >= 0.6 is 0 Å². The van der Waals surface area contributed by atoms with Gasteiger partial charge in [0, 0.05) is 12.1 Å². The fourth-order valence-electron chi connectivity index (χ4n) is 1.52. The van der Waals surface area contributed by atoms with E-state index in [0.717, 1.165) is 0 Å². The summed E-state index contributed by atoms with van der Waals surface area (Å²) < 4.78 is 6.56. The maximum atomic E-state index is 10.9. The van der Waals surface area contributed by atoms with E-state index in [1.807, 2.05) is 13.8 Å². The standard InChI is InChI=1S/C11H14N4O3/c1-6(2)10-12-9(14-18-10)5-15-4-8(11(16)17)7(3)13-15/h4,6H,5H2,1-3H3,(H,16,17). The summed E-state index contributed by atoms with van der Waals surface area (Å²) in [7, 11) is 0. The molecule has 2 aromatic rings. The SMILES string of the molecule is Cc1nn(Cc2noc(C(C)C)n2)cc1C(=O)O. The van der Waals surface area contributed by atoms with E-state index in [1.54, 1.807) is 6.92 Å². The third-order valence-corrected chi connectivity index (χ3v) is 2.46. The van der Waals surface area contributed by atoms with Crippen molar-refractivity contribution in [2.45, 2.75) is 33.2 Å². The van der Waals surface area contributed by atoms with Crippen LogP contribution < -0.4 is 0 Å². The third kappa shape index (κ3) is 2.39. The number of carbonyl (C=O) groups is 1. The molecule has 0 radical (unpaired) electrons. The molecule has 0 amide bonds. The van der Waals surface area contributed by atoms with Crippen molar-refractivity contribution in [3.63, 3.8) is 0 Å². The van der Waals surface area contributed by atoms with Crippen molar-refractivity contribution >= 4 is 5.97 Å². The molecule has 0 fully saturated rings. The summed E-state index contributed by atoms with van der Waals surface area (Å²) in [4.78, 5) is 15.1. The van der Waals surface area contributed by atoms with Crippen molar-refractivity contribution in [2.75, 3.05) is 0 Å². The molecule has 0 aliphatic carbocycles. The first-order chi connectivity index (χ1) is 8.47. The molecule has 7 heteroatoms. The average molecular weight is 250 g/mol. The van der Waals surface area contributed by atoms with Gasteiger partial charge in [-0.3, -0.25) is 4.68 Å². The Hall–Kier alpha value is -2.18. The Morgan fingerprint density at radius 3 is 2.78 bits per heavy atom. The molecule has 0 aliphatic rings. The van der Waals surface area contributed by atoms with Crippen molar-refractivity contribution in [2.24, 2.45) is 0 Å². The number of nitrogens with zero attached hydrogens (tertiary/aromatic N) is 4. The predicted octanol–water partition coefficient (Wildman–Crippen LogP) is 1.44. The van der Waals surface area contributed by atoms with E-state index < -0.39 is 5.97 Å². The Morgan fingerprint density at radius 1 is 1.56 bits per heavy atom. The van der Waals surface area contributed by atoms with Gasteiger partial charge in [0.1, 0.15) is 12.1 Å². The van der Waals surface area contributed by atoms with Crippen LogP contribution in [0.2, 0.25) is 0 Å². The molecule has 18 heavy (non-hydrogen) atoms. The number of carboxylic acid groups (broad SMARTS) is 1. The average Bonchev–Trinajstić information content (AvgIpc) is 2.86. The second-order valence-corrected chi connectivity index (χ2v) is 4.33. The van der Waals surface area contributed by atoms with E-state index in [2.05, 4.69) is 15.2 Å². The molecule has 0 saturated heterocycles. The molecule has 0 aliphatic heterocycles. The van der Waals surface area contributed by atoms with Gasteiger partial charge in [0.05, 0.1) is 5.69 Å². The zero-order chi connectivity index (χ0) is 13.3. The Morgan fingerprint density at radius 2 is 2.28 bits per heavy atom. The van der Waals surface area contributed by atoms with E-state index in [4.69, 9.17) is 9.63 Å². The summed E-state index contributed by atoms with van der Waals surface area (Å²) in [5, 5.41) is 16.8. The van der Waals surface area contributed by atoms with Crippen molar-refractivity contribution in [3.8, 4) is 0 Å². The van der Waals surface area contributed by atoms with Gasteiger partial charge >= 0.3 is 5.97 Å². The monoisotopic (exact) mass is 250 g/mol. The molecule has 2 aromatic heterocycles. The molecule has 7 nitrogen and oxygen atoms in total. The highest BCUT2D eigenvalue weighted by Gasteiger charge is 2.14. The summed E-state index contributed by atoms with van der Waals surface area (Å²) in [6.07, 6.45) is 1.46. The molecule has 0 atom stereocenters. The minimum Gasteiger partial charge on any atom is -0.478 e. The van der Waals surface area contributed by atoms with Crippen LogP contribution in [0.1, 0.15) is 47.5 Å². The number of aryl methyl sites for hydroxylation is 1. The fourth-order valence-corrected chi connectivity index (χ4v) is 1.52. The zero-order valence-corrected chi connectivity index (χ0v) is 10.4. The van der Waals surface area contributed by atoms with E-state index in [9.17, 15) is 4.79 Å². The lowest BCUT2D eigenvalue weighted by molar-refractivity contribution is 0.0696. The third-order valence-electron chi connectivity index (χ3n) is 2.46. The lowest BCUT2D eigenvalue weighted by atomic mass is 10.2. The van der Waals surface area contributed by atoms with Gasteiger partial charge in [-0.05, 0) is 6.92 Å². The second kappa shape index (κ2) is 4.59. The number of hydrogen-bond donors (Lipinski definition) is 1. The maximum Gasteiger partial charge on any atom is 0.339 e. The largest absolute Gasteiger partial charge is 0.478 e. The minimum absolute atomic E-state index is 0.167. The van der Waals surface area contributed by atoms with Gasteiger partial charge in [-0.2, -0.15) is 10.1 Å². The highest BCUT2D eigenvalue weighted by atomic mass is 16.5. The Kier molecular flexibility index (Phi) is 3.14. The first-order valence-corrected chi connectivity index (χ1v) is 5.57. The van der Waals surface area contributed by atoms with Gasteiger partial charge in [0.25, 0.3) is 0 Å². The smallest absolute Gasteiger partial charge is 0.339 e. The lowest BCUT2D eigenvalue weighted by Crippen LogP contribution is -2.02. The number of carboxylic acids is 1. The number of rotatable bonds is 4. The van der Waals surface area contributed by atoms with E-state index in [1.165, 1.54) is 10.9 Å².